The van der Waals surface area contributed by atoms with Gasteiger partial charge in [0.1, 0.15) is 0 Å². The first-order chi connectivity index (χ1) is 12.6. The lowest BCUT2D eigenvalue weighted by molar-refractivity contribution is -0.120. The van der Waals surface area contributed by atoms with Gasteiger partial charge in [0.25, 0.3) is 5.91 Å². The number of hydrogen-bond acceptors (Lipinski definition) is 3. The van der Waals surface area contributed by atoms with Crippen LogP contribution in [0.5, 0.6) is 0 Å². The zero-order chi connectivity index (χ0) is 18.1. The van der Waals surface area contributed by atoms with Gasteiger partial charge in [-0.1, -0.05) is 12.1 Å². The summed E-state index contributed by atoms with van der Waals surface area (Å²) in [7, 11) is 1.92. The highest BCUT2D eigenvalue weighted by Gasteiger charge is 2.23. The van der Waals surface area contributed by atoms with E-state index in [1.54, 1.807) is 18.5 Å². The summed E-state index contributed by atoms with van der Waals surface area (Å²) in [5.41, 5.74) is 3.95. The molecule has 1 aromatic heterocycles. The smallest absolute Gasteiger partial charge is 0.255 e. The molecular weight excluding hydrogens is 328 g/mol. The number of benzene rings is 2. The van der Waals surface area contributed by atoms with Crippen molar-refractivity contribution in [1.82, 2.24) is 14.9 Å². The summed E-state index contributed by atoms with van der Waals surface area (Å²) < 4.78 is 1.91. The Hall–Kier alpha value is -3.15. The van der Waals surface area contributed by atoms with Crippen molar-refractivity contribution >= 4 is 28.5 Å². The second-order valence-electron chi connectivity index (χ2n) is 6.73. The third kappa shape index (κ3) is 3.59. The normalized spacial score (nSPS) is 13.6. The minimum atomic E-state index is -0.184. The molecule has 0 bridgehead atoms. The zero-order valence-electron chi connectivity index (χ0n) is 14.5. The van der Waals surface area contributed by atoms with Gasteiger partial charge >= 0.3 is 0 Å². The molecule has 1 aliphatic rings. The van der Waals surface area contributed by atoms with Crippen molar-refractivity contribution in [2.75, 3.05) is 5.32 Å². The molecule has 6 heteroatoms. The Kier molecular flexibility index (Phi) is 4.16. The minimum Gasteiger partial charge on any atom is -0.353 e. The molecule has 0 unspecified atom stereocenters. The maximum Gasteiger partial charge on any atom is 0.255 e. The van der Waals surface area contributed by atoms with Crippen molar-refractivity contribution in [3.05, 3.63) is 59.9 Å². The summed E-state index contributed by atoms with van der Waals surface area (Å²) in [6.07, 6.45) is 4.26. The lowest BCUT2D eigenvalue weighted by Crippen LogP contribution is -2.26. The number of fused-ring (bicyclic) bond motifs is 1. The first kappa shape index (κ1) is 16.3. The molecule has 132 valence electrons. The third-order valence-electron chi connectivity index (χ3n) is 4.51. The van der Waals surface area contributed by atoms with Crippen LogP contribution in [-0.4, -0.2) is 27.4 Å². The topological polar surface area (TPSA) is 76.0 Å². The highest BCUT2D eigenvalue weighted by atomic mass is 16.2. The van der Waals surface area contributed by atoms with Crippen LogP contribution in [0, 0.1) is 0 Å². The van der Waals surface area contributed by atoms with E-state index in [9.17, 15) is 9.59 Å². The fourth-order valence-electron chi connectivity index (χ4n) is 2.88. The lowest BCUT2D eigenvalue weighted by Gasteiger charge is -2.07. The highest BCUT2D eigenvalue weighted by Crippen LogP contribution is 2.19. The number of anilines is 1. The van der Waals surface area contributed by atoms with Crippen molar-refractivity contribution < 1.29 is 9.59 Å². The van der Waals surface area contributed by atoms with Gasteiger partial charge in [0, 0.05) is 24.3 Å². The molecule has 0 aliphatic heterocycles. The number of rotatable bonds is 5. The van der Waals surface area contributed by atoms with Gasteiger partial charge < -0.3 is 15.2 Å². The van der Waals surface area contributed by atoms with Crippen LogP contribution in [0.4, 0.5) is 5.69 Å². The SMILES string of the molecule is Cn1cnc2cc(C(=O)Nc3ccc(CC(=O)NC4CC4)cc3)ccc21. The Morgan fingerprint density at radius 2 is 1.92 bits per heavy atom. The largest absolute Gasteiger partial charge is 0.353 e. The number of carbonyl (C=O) groups is 2. The Balaban J connectivity index is 1.40. The van der Waals surface area contributed by atoms with E-state index in [0.29, 0.717) is 23.7 Å². The van der Waals surface area contributed by atoms with Crippen LogP contribution in [0.2, 0.25) is 0 Å². The van der Waals surface area contributed by atoms with E-state index in [1.807, 2.05) is 41.9 Å². The van der Waals surface area contributed by atoms with E-state index >= 15 is 0 Å². The standard InChI is InChI=1S/C20H20N4O2/c1-24-12-21-17-11-14(4-9-18(17)24)20(26)23-16-5-2-13(3-6-16)10-19(25)22-15-7-8-15/h2-6,9,11-12,15H,7-8,10H2,1H3,(H,22,25)(H,23,26). The molecule has 1 heterocycles. The predicted octanol–water partition coefficient (Wildman–Crippen LogP) is 2.65. The van der Waals surface area contributed by atoms with E-state index < -0.39 is 0 Å². The average molecular weight is 348 g/mol. The molecule has 3 aromatic rings. The summed E-state index contributed by atoms with van der Waals surface area (Å²) in [6, 6.07) is 13.2. The van der Waals surface area contributed by atoms with Crippen LogP contribution in [0.15, 0.2) is 48.8 Å². The number of amides is 2. The molecule has 1 fully saturated rings. The van der Waals surface area contributed by atoms with Gasteiger partial charge in [-0.15, -0.1) is 0 Å². The van der Waals surface area contributed by atoms with E-state index in [0.717, 1.165) is 29.4 Å². The molecule has 2 amide bonds. The van der Waals surface area contributed by atoms with Crippen LogP contribution in [0.3, 0.4) is 0 Å². The van der Waals surface area contributed by atoms with Gasteiger partial charge in [0.15, 0.2) is 0 Å². The summed E-state index contributed by atoms with van der Waals surface area (Å²) in [5, 5.41) is 5.85. The molecule has 4 rings (SSSR count). The maximum atomic E-state index is 12.4. The monoisotopic (exact) mass is 348 g/mol. The average Bonchev–Trinajstić information content (AvgIpc) is 3.37. The lowest BCUT2D eigenvalue weighted by atomic mass is 10.1. The zero-order valence-corrected chi connectivity index (χ0v) is 14.5. The third-order valence-corrected chi connectivity index (χ3v) is 4.51. The molecule has 26 heavy (non-hydrogen) atoms. The van der Waals surface area contributed by atoms with Crippen molar-refractivity contribution in [2.24, 2.45) is 7.05 Å². The van der Waals surface area contributed by atoms with Gasteiger partial charge in [-0.2, -0.15) is 0 Å². The Morgan fingerprint density at radius 3 is 2.65 bits per heavy atom. The molecule has 2 N–H and O–H groups in total. The summed E-state index contributed by atoms with van der Waals surface area (Å²) >= 11 is 0. The van der Waals surface area contributed by atoms with Gasteiger partial charge in [-0.25, -0.2) is 4.98 Å². The van der Waals surface area contributed by atoms with Crippen LogP contribution in [-0.2, 0) is 18.3 Å². The Morgan fingerprint density at radius 1 is 1.15 bits per heavy atom. The summed E-state index contributed by atoms with van der Waals surface area (Å²) in [5.74, 6) is -0.135. The molecule has 0 radical (unpaired) electrons. The van der Waals surface area contributed by atoms with E-state index in [2.05, 4.69) is 15.6 Å². The minimum absolute atomic E-state index is 0.0490. The van der Waals surface area contributed by atoms with Crippen LogP contribution in [0.1, 0.15) is 28.8 Å². The fraction of sp³-hybridized carbons (Fsp3) is 0.250. The molecule has 0 saturated heterocycles. The number of aromatic nitrogens is 2. The van der Waals surface area contributed by atoms with Gasteiger partial charge in [-0.05, 0) is 48.7 Å². The first-order valence-electron chi connectivity index (χ1n) is 8.69. The van der Waals surface area contributed by atoms with Crippen molar-refractivity contribution in [2.45, 2.75) is 25.3 Å². The predicted molar refractivity (Wildman–Crippen MR) is 100.0 cm³/mol. The number of nitrogens with zero attached hydrogens (tertiary/aromatic N) is 2. The number of nitrogens with one attached hydrogen (secondary N) is 2. The quantitative estimate of drug-likeness (QED) is 0.744. The van der Waals surface area contributed by atoms with E-state index in [-0.39, 0.29) is 11.8 Å². The van der Waals surface area contributed by atoms with Crippen LogP contribution in [0.25, 0.3) is 11.0 Å². The second-order valence-corrected chi connectivity index (χ2v) is 6.73. The molecule has 0 spiro atoms. The van der Waals surface area contributed by atoms with Crippen molar-refractivity contribution in [1.29, 1.82) is 0 Å². The van der Waals surface area contributed by atoms with Crippen LogP contribution < -0.4 is 10.6 Å². The van der Waals surface area contributed by atoms with Crippen LogP contribution >= 0.6 is 0 Å². The van der Waals surface area contributed by atoms with Gasteiger partial charge in [-0.3, -0.25) is 9.59 Å². The first-order valence-corrected chi connectivity index (χ1v) is 8.69. The number of hydrogen-bond donors (Lipinski definition) is 2. The molecule has 0 atom stereocenters. The van der Waals surface area contributed by atoms with E-state index in [1.165, 1.54) is 0 Å². The summed E-state index contributed by atoms with van der Waals surface area (Å²) in [4.78, 5) is 28.6. The molecule has 6 nitrogen and oxygen atoms in total. The Bertz CT molecular complexity index is 971. The van der Waals surface area contributed by atoms with Gasteiger partial charge in [0.2, 0.25) is 5.91 Å². The molecule has 1 aliphatic carbocycles. The van der Waals surface area contributed by atoms with Crippen molar-refractivity contribution in [3.8, 4) is 0 Å². The molecular formula is C20H20N4O2. The Labute approximate surface area is 151 Å². The number of carbonyl (C=O) groups excluding carboxylic acids is 2. The van der Waals surface area contributed by atoms with Gasteiger partial charge in [0.05, 0.1) is 23.8 Å². The van der Waals surface area contributed by atoms with Crippen molar-refractivity contribution in [3.63, 3.8) is 0 Å². The molecule has 1 saturated carbocycles. The summed E-state index contributed by atoms with van der Waals surface area (Å²) in [6.45, 7) is 0. The number of aryl methyl sites for hydroxylation is 1. The molecule has 2 aromatic carbocycles. The highest BCUT2D eigenvalue weighted by molar-refractivity contribution is 6.05. The fourth-order valence-corrected chi connectivity index (χ4v) is 2.88. The van der Waals surface area contributed by atoms with E-state index in [4.69, 9.17) is 0 Å². The number of imidazole rings is 1. The second kappa shape index (κ2) is 6.63. The maximum absolute atomic E-state index is 12.4.